The molecule has 1 amide bonds. The van der Waals surface area contributed by atoms with Crippen LogP contribution in [-0.2, 0) is 14.8 Å². The summed E-state index contributed by atoms with van der Waals surface area (Å²) in [6, 6.07) is 12.0. The number of hydrogen-bond acceptors (Lipinski definition) is 3. The van der Waals surface area contributed by atoms with Gasteiger partial charge in [0.1, 0.15) is 6.04 Å². The van der Waals surface area contributed by atoms with Crippen molar-refractivity contribution >= 4 is 27.5 Å². The molecule has 2 atom stereocenters. The summed E-state index contributed by atoms with van der Waals surface area (Å²) in [6.45, 7) is 3.99. The molecule has 2 aromatic carbocycles. The zero-order valence-electron chi connectivity index (χ0n) is 20.0. The summed E-state index contributed by atoms with van der Waals surface area (Å²) in [4.78, 5) is 15.8. The molecule has 0 unspecified atom stereocenters. The molecule has 190 valence electrons. The quantitative estimate of drug-likeness (QED) is 0.468. The summed E-state index contributed by atoms with van der Waals surface area (Å²) in [5.41, 5.74) is 1.76. The van der Waals surface area contributed by atoms with Gasteiger partial charge in [0.05, 0.1) is 10.9 Å². The maximum atomic E-state index is 14.0. The number of sulfonamides is 1. The van der Waals surface area contributed by atoms with E-state index < -0.39 is 34.1 Å². The fourth-order valence-corrected chi connectivity index (χ4v) is 6.96. The molecular weight excluding hydrogens is 494 g/mol. The number of carbonyl (C=O) groups is 1. The zero-order valence-corrected chi connectivity index (χ0v) is 21.5. The van der Waals surface area contributed by atoms with Gasteiger partial charge in [-0.15, -0.1) is 0 Å². The van der Waals surface area contributed by atoms with E-state index >= 15 is 0 Å². The Kier molecular flexibility index (Phi) is 7.55. The van der Waals surface area contributed by atoms with Crippen LogP contribution in [0.15, 0.2) is 53.4 Å². The molecular formula is C26H31ClF2N2O3S. The van der Waals surface area contributed by atoms with Gasteiger partial charge in [0.2, 0.25) is 21.9 Å². The Labute approximate surface area is 211 Å². The molecule has 4 rings (SSSR count). The fourth-order valence-electron chi connectivity index (χ4n) is 5.18. The Hall–Kier alpha value is -2.03. The van der Waals surface area contributed by atoms with Crippen LogP contribution in [0.4, 0.5) is 8.78 Å². The second-order valence-corrected chi connectivity index (χ2v) is 12.0. The minimum atomic E-state index is -3.88. The Morgan fingerprint density at radius 2 is 1.66 bits per heavy atom. The van der Waals surface area contributed by atoms with Crippen LogP contribution >= 0.6 is 11.6 Å². The predicted molar refractivity (Wildman–Crippen MR) is 132 cm³/mol. The van der Waals surface area contributed by atoms with Crippen molar-refractivity contribution < 1.29 is 22.0 Å². The van der Waals surface area contributed by atoms with E-state index in [2.05, 4.69) is 0 Å². The molecule has 1 saturated carbocycles. The highest BCUT2D eigenvalue weighted by atomic mass is 35.5. The predicted octanol–water partition coefficient (Wildman–Crippen LogP) is 5.97. The molecule has 0 spiro atoms. The minimum absolute atomic E-state index is 0.150. The number of rotatable bonds is 6. The third-order valence-electron chi connectivity index (χ3n) is 7.22. The van der Waals surface area contributed by atoms with Crippen LogP contribution in [0.25, 0.3) is 0 Å². The van der Waals surface area contributed by atoms with Crippen LogP contribution in [0.3, 0.4) is 0 Å². The Morgan fingerprint density at radius 1 is 1.06 bits per heavy atom. The van der Waals surface area contributed by atoms with Crippen molar-refractivity contribution in [2.24, 2.45) is 0 Å². The Balaban J connectivity index is 1.66. The van der Waals surface area contributed by atoms with Crippen molar-refractivity contribution in [3.8, 4) is 0 Å². The second-order valence-electron chi connectivity index (χ2n) is 9.65. The monoisotopic (exact) mass is 524 g/mol. The molecule has 0 bridgehead atoms. The van der Waals surface area contributed by atoms with Gasteiger partial charge in [-0.1, -0.05) is 41.4 Å². The molecule has 2 aromatic rings. The van der Waals surface area contributed by atoms with E-state index in [0.717, 1.165) is 11.1 Å². The number of alkyl halides is 2. The number of halogens is 3. The lowest BCUT2D eigenvalue weighted by molar-refractivity contribution is -0.143. The van der Waals surface area contributed by atoms with Crippen LogP contribution < -0.4 is 0 Å². The minimum Gasteiger partial charge on any atom is -0.332 e. The van der Waals surface area contributed by atoms with E-state index in [1.54, 1.807) is 41.3 Å². The highest BCUT2D eigenvalue weighted by Crippen LogP contribution is 2.39. The normalized spacial score (nSPS) is 22.1. The van der Waals surface area contributed by atoms with Crippen molar-refractivity contribution in [1.29, 1.82) is 0 Å². The van der Waals surface area contributed by atoms with E-state index in [9.17, 15) is 22.0 Å². The van der Waals surface area contributed by atoms with Crippen LogP contribution in [0, 0.1) is 6.92 Å². The van der Waals surface area contributed by atoms with E-state index in [1.807, 2.05) is 26.0 Å². The average molecular weight is 525 g/mol. The lowest BCUT2D eigenvalue weighted by Crippen LogP contribution is -2.53. The van der Waals surface area contributed by atoms with E-state index in [-0.39, 0.29) is 43.0 Å². The molecule has 5 nitrogen and oxygen atoms in total. The number of aryl methyl sites for hydroxylation is 1. The molecule has 2 fully saturated rings. The van der Waals surface area contributed by atoms with Crippen molar-refractivity contribution in [1.82, 2.24) is 9.21 Å². The molecule has 1 saturated heterocycles. The van der Waals surface area contributed by atoms with E-state index in [1.165, 1.54) is 4.31 Å². The van der Waals surface area contributed by atoms with Crippen LogP contribution in [0.2, 0.25) is 5.02 Å². The van der Waals surface area contributed by atoms with Crippen LogP contribution in [-0.4, -0.2) is 48.1 Å². The van der Waals surface area contributed by atoms with E-state index in [0.29, 0.717) is 17.9 Å². The summed E-state index contributed by atoms with van der Waals surface area (Å²) < 4.78 is 56.1. The van der Waals surface area contributed by atoms with Gasteiger partial charge < -0.3 is 4.90 Å². The van der Waals surface area contributed by atoms with Crippen LogP contribution in [0.5, 0.6) is 0 Å². The first-order chi connectivity index (χ1) is 16.5. The fraction of sp³-hybridized carbons (Fsp3) is 0.500. The largest absolute Gasteiger partial charge is 0.332 e. The van der Waals surface area contributed by atoms with Gasteiger partial charge in [-0.05, 0) is 69.4 Å². The first-order valence-corrected chi connectivity index (χ1v) is 13.9. The summed E-state index contributed by atoms with van der Waals surface area (Å²) >= 11 is 6.04. The van der Waals surface area contributed by atoms with Gasteiger partial charge in [0.25, 0.3) is 0 Å². The number of hydrogen-bond donors (Lipinski definition) is 0. The van der Waals surface area contributed by atoms with Crippen molar-refractivity contribution in [3.05, 3.63) is 64.7 Å². The number of carbonyl (C=O) groups excluding carboxylic acids is 1. The van der Waals surface area contributed by atoms with Gasteiger partial charge in [0.15, 0.2) is 0 Å². The zero-order chi connectivity index (χ0) is 25.4. The highest BCUT2D eigenvalue weighted by Gasteiger charge is 2.46. The molecule has 1 aliphatic heterocycles. The smallest absolute Gasteiger partial charge is 0.248 e. The Bertz CT molecular complexity index is 1150. The summed E-state index contributed by atoms with van der Waals surface area (Å²) in [5.74, 6) is -3.06. The van der Waals surface area contributed by atoms with Gasteiger partial charge in [-0.25, -0.2) is 17.2 Å². The second kappa shape index (κ2) is 10.1. The summed E-state index contributed by atoms with van der Waals surface area (Å²) in [5, 5.41) is 0.558. The van der Waals surface area contributed by atoms with E-state index in [4.69, 9.17) is 11.6 Å². The molecule has 0 radical (unpaired) electrons. The maximum absolute atomic E-state index is 14.0. The number of benzene rings is 2. The molecule has 0 N–H and O–H groups in total. The van der Waals surface area contributed by atoms with Gasteiger partial charge in [0, 0.05) is 30.5 Å². The SMILES string of the molecule is Cc1ccc(S(=O)(=O)N2CCC[C@H]2C(=O)N(C2CCC(F)(F)CC2)[C@H](C)c2ccc(Cl)cc2)cc1. The highest BCUT2D eigenvalue weighted by molar-refractivity contribution is 7.89. The lowest BCUT2D eigenvalue weighted by atomic mass is 9.89. The third kappa shape index (κ3) is 5.54. The molecule has 1 heterocycles. The summed E-state index contributed by atoms with van der Waals surface area (Å²) in [7, 11) is -3.88. The number of nitrogens with zero attached hydrogens (tertiary/aromatic N) is 2. The summed E-state index contributed by atoms with van der Waals surface area (Å²) in [6.07, 6.45) is 0.738. The van der Waals surface area contributed by atoms with Crippen LogP contribution in [0.1, 0.15) is 62.6 Å². The first kappa shape index (κ1) is 26.0. The third-order valence-corrected chi connectivity index (χ3v) is 9.39. The van der Waals surface area contributed by atoms with Crippen molar-refractivity contribution in [2.75, 3.05) is 6.54 Å². The standard InChI is InChI=1S/C26H31ClF2N2O3S/c1-18-5-11-23(12-6-18)35(33,34)30-17-3-4-24(30)25(32)31(22-13-15-26(28,29)16-14-22)19(2)20-7-9-21(27)10-8-20/h5-12,19,22,24H,3-4,13-17H2,1-2H3/t19-,24+/m1/s1. The van der Waals surface area contributed by atoms with Gasteiger partial charge in [-0.3, -0.25) is 4.79 Å². The average Bonchev–Trinajstić information content (AvgIpc) is 3.32. The molecule has 9 heteroatoms. The van der Waals surface area contributed by atoms with Gasteiger partial charge >= 0.3 is 0 Å². The maximum Gasteiger partial charge on any atom is 0.248 e. The van der Waals surface area contributed by atoms with Gasteiger partial charge in [-0.2, -0.15) is 4.31 Å². The number of amides is 1. The Morgan fingerprint density at radius 3 is 2.26 bits per heavy atom. The van der Waals surface area contributed by atoms with Crippen molar-refractivity contribution in [3.63, 3.8) is 0 Å². The lowest BCUT2D eigenvalue weighted by Gasteiger charge is -2.42. The first-order valence-electron chi connectivity index (χ1n) is 12.0. The molecule has 2 aliphatic rings. The molecule has 35 heavy (non-hydrogen) atoms. The molecule has 1 aliphatic carbocycles. The molecule has 0 aromatic heterocycles. The van der Waals surface area contributed by atoms with Crippen molar-refractivity contribution in [2.45, 2.75) is 81.3 Å². The topological polar surface area (TPSA) is 57.7 Å².